The van der Waals surface area contributed by atoms with Gasteiger partial charge in [0.2, 0.25) is 0 Å². The van der Waals surface area contributed by atoms with Crippen molar-refractivity contribution in [2.75, 3.05) is 19.5 Å². The summed E-state index contributed by atoms with van der Waals surface area (Å²) >= 11 is 13.2. The van der Waals surface area contributed by atoms with E-state index in [9.17, 15) is 4.79 Å². The van der Waals surface area contributed by atoms with Crippen LogP contribution >= 0.6 is 35.2 Å². The number of hydrogen-bond donors (Lipinski definition) is 1. The first-order valence-corrected chi connectivity index (χ1v) is 10.1. The molecule has 2 heterocycles. The van der Waals surface area contributed by atoms with Gasteiger partial charge in [-0.1, -0.05) is 11.6 Å². The fourth-order valence-electron chi connectivity index (χ4n) is 2.94. The van der Waals surface area contributed by atoms with Crippen LogP contribution in [0.2, 0.25) is 5.02 Å². The molecule has 0 saturated heterocycles. The highest BCUT2D eigenvalue weighted by Gasteiger charge is 2.18. The van der Waals surface area contributed by atoms with Crippen LogP contribution in [0.25, 0.3) is 10.1 Å². The first kappa shape index (κ1) is 20.6. The molecule has 0 amide bonds. The number of thiophene rings is 1. The van der Waals surface area contributed by atoms with Crippen LogP contribution in [0, 0.1) is 13.8 Å². The average Bonchev–Trinajstić information content (AvgIpc) is 3.11. The van der Waals surface area contributed by atoms with Crippen LogP contribution in [0.15, 0.2) is 18.2 Å². The Hall–Kier alpha value is -2.16. The van der Waals surface area contributed by atoms with Crippen molar-refractivity contribution in [3.05, 3.63) is 45.1 Å². The van der Waals surface area contributed by atoms with Crippen LogP contribution in [-0.2, 0) is 18.3 Å². The predicted octanol–water partition coefficient (Wildman–Crippen LogP) is 4.52. The van der Waals surface area contributed by atoms with E-state index in [0.717, 1.165) is 32.7 Å². The van der Waals surface area contributed by atoms with Gasteiger partial charge in [0.05, 0.1) is 17.8 Å². The molecule has 2 aromatic heterocycles. The molecule has 0 aliphatic rings. The van der Waals surface area contributed by atoms with Gasteiger partial charge in [-0.3, -0.25) is 4.68 Å². The van der Waals surface area contributed by atoms with E-state index in [4.69, 9.17) is 28.6 Å². The fourth-order valence-corrected chi connectivity index (χ4v) is 4.59. The van der Waals surface area contributed by atoms with Gasteiger partial charge < -0.3 is 15.0 Å². The minimum absolute atomic E-state index is 0.401. The van der Waals surface area contributed by atoms with Crippen molar-refractivity contribution >= 4 is 62.0 Å². The summed E-state index contributed by atoms with van der Waals surface area (Å²) in [5, 5.41) is 9.53. The van der Waals surface area contributed by atoms with E-state index in [0.29, 0.717) is 21.6 Å². The third kappa shape index (κ3) is 3.85. The van der Waals surface area contributed by atoms with Gasteiger partial charge in [-0.05, 0) is 44.3 Å². The Morgan fingerprint density at radius 2 is 2.14 bits per heavy atom. The van der Waals surface area contributed by atoms with Gasteiger partial charge in [-0.25, -0.2) is 4.79 Å². The standard InChI is InChI=1S/C19H21ClN4O2S2/c1-10-14(11(2)24(4)22-10)9-23(3)19(27)21-12-6-7-13-15(8-12)28-17(16(13)20)18(25)26-5/h6-8H,9H2,1-5H3,(H,21,27). The maximum Gasteiger partial charge on any atom is 0.349 e. The smallest absolute Gasteiger partial charge is 0.349 e. The van der Waals surface area contributed by atoms with Gasteiger partial charge in [0.25, 0.3) is 0 Å². The second-order valence-electron chi connectivity index (χ2n) is 6.51. The molecule has 3 rings (SSSR count). The number of hydrogen-bond acceptors (Lipinski definition) is 5. The second kappa shape index (κ2) is 8.06. The Kier molecular flexibility index (Phi) is 5.92. The molecule has 1 N–H and O–H groups in total. The van der Waals surface area contributed by atoms with Crippen molar-refractivity contribution in [3.8, 4) is 0 Å². The SMILES string of the molecule is COC(=O)c1sc2cc(NC(=S)N(C)Cc3c(C)nn(C)c3C)ccc2c1Cl. The number of esters is 1. The maximum absolute atomic E-state index is 11.8. The number of aryl methyl sites for hydroxylation is 2. The maximum atomic E-state index is 11.8. The zero-order valence-corrected chi connectivity index (χ0v) is 18.7. The minimum atomic E-state index is -0.432. The van der Waals surface area contributed by atoms with E-state index < -0.39 is 5.97 Å². The molecule has 28 heavy (non-hydrogen) atoms. The molecule has 0 saturated carbocycles. The molecule has 0 fully saturated rings. The molecule has 9 heteroatoms. The zero-order chi connectivity index (χ0) is 20.6. The van der Waals surface area contributed by atoms with Gasteiger partial charge in [-0.2, -0.15) is 5.10 Å². The molecule has 0 atom stereocenters. The molecule has 3 aromatic rings. The molecule has 0 unspecified atom stereocenters. The second-order valence-corrected chi connectivity index (χ2v) is 8.32. The summed E-state index contributed by atoms with van der Waals surface area (Å²) < 4.78 is 7.55. The number of carbonyl (C=O) groups is 1. The van der Waals surface area contributed by atoms with E-state index in [1.54, 1.807) is 0 Å². The highest BCUT2D eigenvalue weighted by Crippen LogP contribution is 2.37. The molecule has 1 aromatic carbocycles. The summed E-state index contributed by atoms with van der Waals surface area (Å²) in [6.45, 7) is 4.71. The van der Waals surface area contributed by atoms with E-state index in [1.807, 2.05) is 55.7 Å². The van der Waals surface area contributed by atoms with Gasteiger partial charge in [0.15, 0.2) is 5.11 Å². The summed E-state index contributed by atoms with van der Waals surface area (Å²) in [5.41, 5.74) is 4.12. The van der Waals surface area contributed by atoms with E-state index >= 15 is 0 Å². The van der Waals surface area contributed by atoms with Gasteiger partial charge in [-0.15, -0.1) is 11.3 Å². The van der Waals surface area contributed by atoms with E-state index in [2.05, 4.69) is 10.4 Å². The lowest BCUT2D eigenvalue weighted by Crippen LogP contribution is -2.30. The Labute approximate surface area is 178 Å². The highest BCUT2D eigenvalue weighted by molar-refractivity contribution is 7.80. The Balaban J connectivity index is 1.78. The van der Waals surface area contributed by atoms with E-state index in [-0.39, 0.29) is 0 Å². The number of fused-ring (bicyclic) bond motifs is 1. The van der Waals surface area contributed by atoms with Crippen molar-refractivity contribution in [2.24, 2.45) is 7.05 Å². The summed E-state index contributed by atoms with van der Waals surface area (Å²) in [6.07, 6.45) is 0. The third-order valence-corrected chi connectivity index (χ3v) is 6.70. The molecule has 0 aliphatic carbocycles. The van der Waals surface area contributed by atoms with Crippen LogP contribution in [0.4, 0.5) is 5.69 Å². The Bertz CT molecular complexity index is 1070. The topological polar surface area (TPSA) is 59.4 Å². The summed E-state index contributed by atoms with van der Waals surface area (Å²) in [6, 6.07) is 5.70. The van der Waals surface area contributed by atoms with Crippen LogP contribution in [0.5, 0.6) is 0 Å². The first-order chi connectivity index (χ1) is 13.2. The number of thiocarbonyl (C=S) groups is 1. The lowest BCUT2D eigenvalue weighted by molar-refractivity contribution is 0.0606. The molecule has 148 valence electrons. The fraction of sp³-hybridized carbons (Fsp3) is 0.316. The lowest BCUT2D eigenvalue weighted by Gasteiger charge is -2.21. The molecule has 0 spiro atoms. The molecule has 0 radical (unpaired) electrons. The Morgan fingerprint density at radius 3 is 2.75 bits per heavy atom. The quantitative estimate of drug-likeness (QED) is 0.479. The molecule has 0 bridgehead atoms. The van der Waals surface area contributed by atoms with Crippen LogP contribution < -0.4 is 5.32 Å². The summed E-state index contributed by atoms with van der Waals surface area (Å²) in [5.74, 6) is -0.432. The summed E-state index contributed by atoms with van der Waals surface area (Å²) in [4.78, 5) is 14.2. The van der Waals surface area contributed by atoms with Crippen molar-refractivity contribution < 1.29 is 9.53 Å². The van der Waals surface area contributed by atoms with Gasteiger partial charge >= 0.3 is 5.97 Å². The van der Waals surface area contributed by atoms with Gasteiger partial charge in [0.1, 0.15) is 4.88 Å². The largest absolute Gasteiger partial charge is 0.465 e. The number of rotatable bonds is 4. The molecule has 0 aliphatic heterocycles. The number of anilines is 1. The number of halogens is 1. The van der Waals surface area contributed by atoms with Gasteiger partial charge in [0, 0.05) is 47.7 Å². The normalized spacial score (nSPS) is 10.9. The number of methoxy groups -OCH3 is 1. The number of benzene rings is 1. The number of nitrogens with zero attached hydrogens (tertiary/aromatic N) is 3. The minimum Gasteiger partial charge on any atom is -0.465 e. The van der Waals surface area contributed by atoms with Crippen LogP contribution in [0.3, 0.4) is 0 Å². The number of ether oxygens (including phenoxy) is 1. The first-order valence-electron chi connectivity index (χ1n) is 8.54. The number of nitrogens with one attached hydrogen (secondary N) is 1. The van der Waals surface area contributed by atoms with Crippen molar-refractivity contribution in [1.29, 1.82) is 0 Å². The summed E-state index contributed by atoms with van der Waals surface area (Å²) in [7, 11) is 5.22. The van der Waals surface area contributed by atoms with Crippen molar-refractivity contribution in [3.63, 3.8) is 0 Å². The zero-order valence-electron chi connectivity index (χ0n) is 16.3. The predicted molar refractivity (Wildman–Crippen MR) is 119 cm³/mol. The monoisotopic (exact) mass is 436 g/mol. The molecular weight excluding hydrogens is 416 g/mol. The Morgan fingerprint density at radius 1 is 1.43 bits per heavy atom. The number of aromatic nitrogens is 2. The highest BCUT2D eigenvalue weighted by atomic mass is 35.5. The van der Waals surface area contributed by atoms with Crippen LogP contribution in [-0.4, -0.2) is 39.9 Å². The van der Waals surface area contributed by atoms with Crippen molar-refractivity contribution in [1.82, 2.24) is 14.7 Å². The lowest BCUT2D eigenvalue weighted by atomic mass is 10.2. The van der Waals surface area contributed by atoms with E-state index in [1.165, 1.54) is 18.4 Å². The molecule has 6 nitrogen and oxygen atoms in total. The van der Waals surface area contributed by atoms with Crippen molar-refractivity contribution in [2.45, 2.75) is 20.4 Å². The average molecular weight is 437 g/mol. The molecular formula is C19H21ClN4O2S2. The number of carbonyl (C=O) groups excluding carboxylic acids is 1. The third-order valence-electron chi connectivity index (χ3n) is 4.65. The van der Waals surface area contributed by atoms with Crippen LogP contribution in [0.1, 0.15) is 26.6 Å².